The lowest BCUT2D eigenvalue weighted by atomic mass is 9.93. The monoisotopic (exact) mass is 184 g/mol. The fraction of sp³-hybridized carbons (Fsp3) is 0.818. The summed E-state index contributed by atoms with van der Waals surface area (Å²) in [6.07, 6.45) is 4.61. The Kier molecular flexibility index (Phi) is 3.51. The van der Waals surface area contributed by atoms with Crippen LogP contribution in [0.3, 0.4) is 0 Å². The highest BCUT2D eigenvalue weighted by atomic mass is 16.5. The van der Waals surface area contributed by atoms with Gasteiger partial charge >= 0.3 is 0 Å². The molecule has 1 fully saturated rings. The third-order valence-electron chi connectivity index (χ3n) is 2.72. The van der Waals surface area contributed by atoms with E-state index in [4.69, 9.17) is 4.74 Å². The summed E-state index contributed by atoms with van der Waals surface area (Å²) in [7, 11) is 0. The molecule has 1 rings (SSSR count). The zero-order valence-electron chi connectivity index (χ0n) is 8.84. The number of allylic oxidation sites excluding steroid dienone is 2. The molecule has 0 aliphatic carbocycles. The lowest BCUT2D eigenvalue weighted by Crippen LogP contribution is -2.35. The summed E-state index contributed by atoms with van der Waals surface area (Å²) in [5, 5.41) is 9.67. The predicted octanol–water partition coefficient (Wildman–Crippen LogP) is 2.27. The van der Waals surface area contributed by atoms with Crippen molar-refractivity contribution < 1.29 is 9.84 Å². The average Bonchev–Trinajstić information content (AvgIpc) is 2.32. The van der Waals surface area contributed by atoms with Crippen molar-refractivity contribution in [3.63, 3.8) is 0 Å². The summed E-state index contributed by atoms with van der Waals surface area (Å²) in [5.41, 5.74) is 1.03. The number of ether oxygens (including phenoxy) is 1. The molecule has 0 aromatic rings. The van der Waals surface area contributed by atoms with Crippen LogP contribution in [0.1, 0.15) is 40.0 Å². The molecule has 2 heteroatoms. The van der Waals surface area contributed by atoms with E-state index in [9.17, 15) is 5.11 Å². The molecule has 1 saturated heterocycles. The van der Waals surface area contributed by atoms with Crippen LogP contribution < -0.4 is 0 Å². The first-order valence-electron chi connectivity index (χ1n) is 5.00. The van der Waals surface area contributed by atoms with Gasteiger partial charge in [-0.15, -0.1) is 0 Å². The van der Waals surface area contributed by atoms with Gasteiger partial charge in [0.1, 0.15) is 0 Å². The van der Waals surface area contributed by atoms with Crippen molar-refractivity contribution in [2.24, 2.45) is 0 Å². The Balaban J connectivity index is 2.39. The molecule has 2 nitrogen and oxygen atoms in total. The van der Waals surface area contributed by atoms with Crippen LogP contribution in [0.2, 0.25) is 0 Å². The van der Waals surface area contributed by atoms with E-state index in [0.29, 0.717) is 6.61 Å². The van der Waals surface area contributed by atoms with Crippen molar-refractivity contribution in [3.05, 3.63) is 11.6 Å². The van der Waals surface area contributed by atoms with Crippen LogP contribution in [0.15, 0.2) is 11.6 Å². The van der Waals surface area contributed by atoms with Crippen molar-refractivity contribution in [1.82, 2.24) is 0 Å². The Morgan fingerprint density at radius 3 is 2.77 bits per heavy atom. The van der Waals surface area contributed by atoms with Crippen molar-refractivity contribution >= 4 is 0 Å². The molecule has 0 radical (unpaired) electrons. The van der Waals surface area contributed by atoms with E-state index in [1.807, 2.05) is 6.92 Å². The molecule has 1 N–H and O–H groups in total. The molecule has 0 amide bonds. The second-order valence-electron chi connectivity index (χ2n) is 4.29. The largest absolute Gasteiger partial charge is 0.390 e. The average molecular weight is 184 g/mol. The van der Waals surface area contributed by atoms with Gasteiger partial charge in [-0.25, -0.2) is 0 Å². The van der Waals surface area contributed by atoms with Gasteiger partial charge in [-0.3, -0.25) is 0 Å². The van der Waals surface area contributed by atoms with Crippen molar-refractivity contribution in [2.75, 3.05) is 6.61 Å². The lowest BCUT2D eigenvalue weighted by molar-refractivity contribution is -0.0484. The van der Waals surface area contributed by atoms with Crippen LogP contribution in [-0.2, 0) is 4.74 Å². The Bertz CT molecular complexity index is 194. The molecule has 0 saturated carbocycles. The fourth-order valence-corrected chi connectivity index (χ4v) is 1.69. The van der Waals surface area contributed by atoms with Crippen LogP contribution in [-0.4, -0.2) is 23.4 Å². The molecule has 0 aromatic heterocycles. The van der Waals surface area contributed by atoms with Crippen molar-refractivity contribution in [1.29, 1.82) is 0 Å². The smallest absolute Gasteiger partial charge is 0.0916 e. The minimum Gasteiger partial charge on any atom is -0.390 e. The van der Waals surface area contributed by atoms with E-state index >= 15 is 0 Å². The molecule has 1 aliphatic heterocycles. The first-order valence-corrected chi connectivity index (χ1v) is 5.00. The highest BCUT2D eigenvalue weighted by Crippen LogP contribution is 2.30. The molecule has 0 unspecified atom stereocenters. The Hall–Kier alpha value is -0.340. The van der Waals surface area contributed by atoms with Crippen molar-refractivity contribution in [3.8, 4) is 0 Å². The Morgan fingerprint density at radius 1 is 1.62 bits per heavy atom. The van der Waals surface area contributed by atoms with Gasteiger partial charge in [-0.1, -0.05) is 11.6 Å². The quantitative estimate of drug-likeness (QED) is 0.682. The lowest BCUT2D eigenvalue weighted by Gasteiger charge is -2.26. The Morgan fingerprint density at radius 2 is 2.31 bits per heavy atom. The van der Waals surface area contributed by atoms with Gasteiger partial charge in [0, 0.05) is 0 Å². The van der Waals surface area contributed by atoms with Crippen LogP contribution in [0.4, 0.5) is 0 Å². The highest BCUT2D eigenvalue weighted by Gasteiger charge is 2.37. The molecule has 0 spiro atoms. The van der Waals surface area contributed by atoms with Gasteiger partial charge in [0.15, 0.2) is 0 Å². The number of aliphatic hydroxyl groups is 1. The summed E-state index contributed by atoms with van der Waals surface area (Å²) in [6.45, 7) is 6.89. The number of hydrogen-bond acceptors (Lipinski definition) is 2. The molecule has 13 heavy (non-hydrogen) atoms. The van der Waals surface area contributed by atoms with E-state index in [1.54, 1.807) is 0 Å². The summed E-state index contributed by atoms with van der Waals surface area (Å²) in [4.78, 5) is 0. The first kappa shape index (κ1) is 10.7. The van der Waals surface area contributed by atoms with Gasteiger partial charge in [-0.2, -0.15) is 0 Å². The predicted molar refractivity (Wildman–Crippen MR) is 53.6 cm³/mol. The maximum Gasteiger partial charge on any atom is 0.0916 e. The fourth-order valence-electron chi connectivity index (χ4n) is 1.69. The van der Waals surface area contributed by atoms with E-state index in [0.717, 1.165) is 19.3 Å². The molecular weight excluding hydrogens is 164 g/mol. The highest BCUT2D eigenvalue weighted by molar-refractivity contribution is 4.96. The van der Waals surface area contributed by atoms with Crippen molar-refractivity contribution in [2.45, 2.75) is 51.7 Å². The van der Waals surface area contributed by atoms with Gasteiger partial charge in [0.05, 0.1) is 18.3 Å². The standard InChI is InChI=1S/C11H20O2/c1-9(2)5-4-7-11(3)10(12)6-8-13-11/h5,10,12H,4,6-8H2,1-3H3/t10-,11-/m1/s1. The second kappa shape index (κ2) is 4.25. The van der Waals surface area contributed by atoms with Crippen LogP contribution >= 0.6 is 0 Å². The van der Waals surface area contributed by atoms with E-state index in [-0.39, 0.29) is 11.7 Å². The zero-order valence-corrected chi connectivity index (χ0v) is 8.84. The maximum absolute atomic E-state index is 9.67. The normalized spacial score (nSPS) is 33.4. The summed E-state index contributed by atoms with van der Waals surface area (Å²) >= 11 is 0. The maximum atomic E-state index is 9.67. The first-order chi connectivity index (χ1) is 6.04. The molecule has 2 atom stereocenters. The number of rotatable bonds is 3. The molecule has 1 aliphatic rings. The Labute approximate surface area is 80.6 Å². The molecule has 0 bridgehead atoms. The third-order valence-corrected chi connectivity index (χ3v) is 2.72. The van der Waals surface area contributed by atoms with Crippen LogP contribution in [0.5, 0.6) is 0 Å². The minimum atomic E-state index is -0.300. The molecule has 1 heterocycles. The number of hydrogen-bond donors (Lipinski definition) is 1. The second-order valence-corrected chi connectivity index (χ2v) is 4.29. The van der Waals surface area contributed by atoms with E-state index in [1.165, 1.54) is 5.57 Å². The summed E-state index contributed by atoms with van der Waals surface area (Å²) in [6, 6.07) is 0. The SMILES string of the molecule is CC(C)=CCC[C@@]1(C)OCC[C@H]1O. The van der Waals surface area contributed by atoms with Crippen LogP contribution in [0.25, 0.3) is 0 Å². The van der Waals surface area contributed by atoms with Gasteiger partial charge in [-0.05, 0) is 40.0 Å². The van der Waals surface area contributed by atoms with E-state index < -0.39 is 0 Å². The summed E-state index contributed by atoms with van der Waals surface area (Å²) in [5.74, 6) is 0. The zero-order chi connectivity index (χ0) is 9.90. The summed E-state index contributed by atoms with van der Waals surface area (Å²) < 4.78 is 5.56. The number of aliphatic hydroxyl groups excluding tert-OH is 1. The van der Waals surface area contributed by atoms with Gasteiger partial charge in [0.25, 0.3) is 0 Å². The minimum absolute atomic E-state index is 0.280. The van der Waals surface area contributed by atoms with E-state index in [2.05, 4.69) is 19.9 Å². The molecule has 76 valence electrons. The third kappa shape index (κ3) is 2.82. The molecular formula is C11H20O2. The van der Waals surface area contributed by atoms with Crippen LogP contribution in [0, 0.1) is 0 Å². The van der Waals surface area contributed by atoms with Gasteiger partial charge in [0.2, 0.25) is 0 Å². The molecule has 0 aromatic carbocycles. The van der Waals surface area contributed by atoms with Gasteiger partial charge < -0.3 is 9.84 Å². The topological polar surface area (TPSA) is 29.5 Å².